The number of hydrazone groups is 1. The van der Waals surface area contributed by atoms with Gasteiger partial charge in [0.15, 0.2) is 12.4 Å². The topological polar surface area (TPSA) is 102 Å². The molecule has 1 aromatic heterocycles. The van der Waals surface area contributed by atoms with Crippen LogP contribution in [-0.4, -0.2) is 31.2 Å². The van der Waals surface area contributed by atoms with Crippen LogP contribution in [0.15, 0.2) is 82.3 Å². The zero-order chi connectivity index (χ0) is 24.6. The standard InChI is InChI=1S/C27H25N3O5/c1-3-33-23-12-13-24-20(14-23)15-25(35-24)27(32)30-28-16-19-6-10-22(11-7-19)34-17-26(31)29-21-8-4-18(2)5-9-21/h4-16H,3,17H2,1-2H3,(H,29,31)(H,30,32)/b28-16+. The van der Waals surface area contributed by atoms with Crippen molar-refractivity contribution in [2.75, 3.05) is 18.5 Å². The second kappa shape index (κ2) is 11.0. The lowest BCUT2D eigenvalue weighted by Gasteiger charge is -2.08. The fraction of sp³-hybridized carbons (Fsp3) is 0.148. The third-order valence-corrected chi connectivity index (χ3v) is 4.99. The number of nitrogens with zero attached hydrogens (tertiary/aromatic N) is 1. The summed E-state index contributed by atoms with van der Waals surface area (Å²) in [4.78, 5) is 24.4. The highest BCUT2D eigenvalue weighted by molar-refractivity contribution is 5.97. The Kier molecular flexibility index (Phi) is 7.42. The first-order valence-corrected chi connectivity index (χ1v) is 11.1. The zero-order valence-corrected chi connectivity index (χ0v) is 19.4. The SMILES string of the molecule is CCOc1ccc2oc(C(=O)N/N=C/c3ccc(OCC(=O)Nc4ccc(C)cc4)cc3)cc2c1. The van der Waals surface area contributed by atoms with Crippen molar-refractivity contribution in [1.82, 2.24) is 5.43 Å². The summed E-state index contributed by atoms with van der Waals surface area (Å²) < 4.78 is 16.6. The van der Waals surface area contributed by atoms with Gasteiger partial charge in [-0.1, -0.05) is 17.7 Å². The Balaban J connectivity index is 1.26. The number of furan rings is 1. The quantitative estimate of drug-likeness (QED) is 0.266. The van der Waals surface area contributed by atoms with Crippen LogP contribution in [0, 0.1) is 6.92 Å². The number of amides is 2. The Morgan fingerprint density at radius 3 is 2.43 bits per heavy atom. The number of fused-ring (bicyclic) bond motifs is 1. The number of ether oxygens (including phenoxy) is 2. The highest BCUT2D eigenvalue weighted by atomic mass is 16.5. The minimum Gasteiger partial charge on any atom is -0.494 e. The van der Waals surface area contributed by atoms with Crippen molar-refractivity contribution in [3.8, 4) is 11.5 Å². The monoisotopic (exact) mass is 471 g/mol. The van der Waals surface area contributed by atoms with Crippen LogP contribution < -0.4 is 20.2 Å². The zero-order valence-electron chi connectivity index (χ0n) is 19.4. The molecular weight excluding hydrogens is 446 g/mol. The normalized spacial score (nSPS) is 10.9. The molecule has 0 spiro atoms. The maximum absolute atomic E-state index is 12.4. The summed E-state index contributed by atoms with van der Waals surface area (Å²) in [6, 6.07) is 21.5. The first-order valence-electron chi connectivity index (χ1n) is 11.1. The molecule has 8 heteroatoms. The molecule has 0 aliphatic heterocycles. The Morgan fingerprint density at radius 1 is 0.943 bits per heavy atom. The molecule has 0 radical (unpaired) electrons. The molecule has 0 saturated heterocycles. The van der Waals surface area contributed by atoms with Crippen molar-refractivity contribution in [3.63, 3.8) is 0 Å². The summed E-state index contributed by atoms with van der Waals surface area (Å²) >= 11 is 0. The minimum atomic E-state index is -0.463. The van der Waals surface area contributed by atoms with E-state index in [1.807, 2.05) is 44.2 Å². The van der Waals surface area contributed by atoms with Gasteiger partial charge in [0, 0.05) is 11.1 Å². The Labute approximate surface area is 202 Å². The Morgan fingerprint density at radius 2 is 1.69 bits per heavy atom. The van der Waals surface area contributed by atoms with Crippen LogP contribution in [0.25, 0.3) is 11.0 Å². The summed E-state index contributed by atoms with van der Waals surface area (Å²) in [6.07, 6.45) is 1.50. The van der Waals surface area contributed by atoms with Gasteiger partial charge in [-0.2, -0.15) is 5.10 Å². The first kappa shape index (κ1) is 23.6. The second-order valence-electron chi connectivity index (χ2n) is 7.71. The minimum absolute atomic E-state index is 0.110. The van der Waals surface area contributed by atoms with Crippen LogP contribution in [0.2, 0.25) is 0 Å². The van der Waals surface area contributed by atoms with E-state index in [4.69, 9.17) is 13.9 Å². The molecular formula is C27H25N3O5. The molecule has 2 amide bonds. The van der Waals surface area contributed by atoms with E-state index in [2.05, 4.69) is 15.8 Å². The van der Waals surface area contributed by atoms with E-state index in [9.17, 15) is 9.59 Å². The van der Waals surface area contributed by atoms with Crippen molar-refractivity contribution < 1.29 is 23.5 Å². The molecule has 2 N–H and O–H groups in total. The molecule has 0 unspecified atom stereocenters. The van der Waals surface area contributed by atoms with Gasteiger partial charge in [-0.15, -0.1) is 0 Å². The van der Waals surface area contributed by atoms with Gasteiger partial charge in [0.05, 0.1) is 12.8 Å². The highest BCUT2D eigenvalue weighted by Gasteiger charge is 2.12. The van der Waals surface area contributed by atoms with E-state index in [-0.39, 0.29) is 18.3 Å². The molecule has 0 saturated carbocycles. The summed E-state index contributed by atoms with van der Waals surface area (Å²) in [5, 5.41) is 7.53. The lowest BCUT2D eigenvalue weighted by Crippen LogP contribution is -2.20. The van der Waals surface area contributed by atoms with E-state index in [0.29, 0.717) is 23.7 Å². The third kappa shape index (κ3) is 6.48. The molecule has 4 aromatic rings. The van der Waals surface area contributed by atoms with E-state index >= 15 is 0 Å². The number of rotatable bonds is 9. The Bertz CT molecular complexity index is 1340. The first-order chi connectivity index (χ1) is 17.0. The van der Waals surface area contributed by atoms with Crippen molar-refractivity contribution in [1.29, 1.82) is 0 Å². The number of anilines is 1. The van der Waals surface area contributed by atoms with Gasteiger partial charge in [-0.3, -0.25) is 9.59 Å². The largest absolute Gasteiger partial charge is 0.494 e. The smallest absolute Gasteiger partial charge is 0.307 e. The summed E-state index contributed by atoms with van der Waals surface area (Å²) in [7, 11) is 0. The number of hydrogen-bond acceptors (Lipinski definition) is 6. The molecule has 3 aromatic carbocycles. The van der Waals surface area contributed by atoms with Crippen LogP contribution in [0.4, 0.5) is 5.69 Å². The molecule has 0 aliphatic rings. The second-order valence-corrected chi connectivity index (χ2v) is 7.71. The van der Waals surface area contributed by atoms with Gasteiger partial charge in [-0.25, -0.2) is 5.43 Å². The van der Waals surface area contributed by atoms with Crippen molar-refractivity contribution >= 4 is 34.7 Å². The van der Waals surface area contributed by atoms with Crippen molar-refractivity contribution in [2.45, 2.75) is 13.8 Å². The molecule has 1 heterocycles. The summed E-state index contributed by atoms with van der Waals surface area (Å²) in [6.45, 7) is 4.34. The number of nitrogens with one attached hydrogen (secondary N) is 2. The molecule has 4 rings (SSSR count). The predicted octanol–water partition coefficient (Wildman–Crippen LogP) is 4.92. The predicted molar refractivity (Wildman–Crippen MR) is 134 cm³/mol. The van der Waals surface area contributed by atoms with Crippen molar-refractivity contribution in [3.05, 3.63) is 89.7 Å². The maximum Gasteiger partial charge on any atom is 0.307 e. The molecule has 0 aliphatic carbocycles. The Hall–Kier alpha value is -4.59. The van der Waals surface area contributed by atoms with Crippen LogP contribution in [0.3, 0.4) is 0 Å². The maximum atomic E-state index is 12.4. The molecule has 0 bridgehead atoms. The third-order valence-electron chi connectivity index (χ3n) is 4.99. The lowest BCUT2D eigenvalue weighted by atomic mass is 10.2. The summed E-state index contributed by atoms with van der Waals surface area (Å²) in [5.74, 6) is 0.694. The lowest BCUT2D eigenvalue weighted by molar-refractivity contribution is -0.118. The number of aryl methyl sites for hydroxylation is 1. The molecule has 0 atom stereocenters. The fourth-order valence-electron chi connectivity index (χ4n) is 3.24. The van der Waals surface area contributed by atoms with Crippen LogP contribution in [-0.2, 0) is 4.79 Å². The van der Waals surface area contributed by atoms with Gasteiger partial charge in [-0.05, 0) is 80.1 Å². The van der Waals surface area contributed by atoms with E-state index in [0.717, 1.165) is 22.2 Å². The number of carbonyl (C=O) groups is 2. The van der Waals surface area contributed by atoms with Crippen LogP contribution in [0.1, 0.15) is 28.6 Å². The highest BCUT2D eigenvalue weighted by Crippen LogP contribution is 2.24. The molecule has 35 heavy (non-hydrogen) atoms. The molecule has 0 fully saturated rings. The number of hydrogen-bond donors (Lipinski definition) is 2. The van der Waals surface area contributed by atoms with Crippen LogP contribution >= 0.6 is 0 Å². The fourth-order valence-corrected chi connectivity index (χ4v) is 3.24. The number of carbonyl (C=O) groups excluding carboxylic acids is 2. The van der Waals surface area contributed by atoms with E-state index in [1.54, 1.807) is 42.5 Å². The van der Waals surface area contributed by atoms with Gasteiger partial charge >= 0.3 is 5.91 Å². The van der Waals surface area contributed by atoms with Gasteiger partial charge < -0.3 is 19.2 Å². The van der Waals surface area contributed by atoms with Crippen molar-refractivity contribution in [2.24, 2.45) is 5.10 Å². The summed E-state index contributed by atoms with van der Waals surface area (Å²) in [5.41, 5.74) is 5.62. The molecule has 178 valence electrons. The van der Waals surface area contributed by atoms with E-state index in [1.165, 1.54) is 6.21 Å². The van der Waals surface area contributed by atoms with Gasteiger partial charge in [0.1, 0.15) is 17.1 Å². The van der Waals surface area contributed by atoms with Gasteiger partial charge in [0.2, 0.25) is 0 Å². The van der Waals surface area contributed by atoms with Gasteiger partial charge in [0.25, 0.3) is 5.91 Å². The van der Waals surface area contributed by atoms with Crippen LogP contribution in [0.5, 0.6) is 11.5 Å². The number of benzene rings is 3. The average Bonchev–Trinajstić information content (AvgIpc) is 3.29. The molecule has 8 nitrogen and oxygen atoms in total. The van der Waals surface area contributed by atoms with E-state index < -0.39 is 5.91 Å². The average molecular weight is 472 g/mol.